The Morgan fingerprint density at radius 1 is 1.56 bits per heavy atom. The molecule has 0 radical (unpaired) electrons. The van der Waals surface area contributed by atoms with Gasteiger partial charge in [0.1, 0.15) is 0 Å². The van der Waals surface area contributed by atoms with Crippen molar-refractivity contribution < 1.29 is 0 Å². The number of aromatic nitrogens is 1. The van der Waals surface area contributed by atoms with Crippen LogP contribution >= 0.6 is 15.9 Å². The summed E-state index contributed by atoms with van der Waals surface area (Å²) in [6.45, 7) is 6.88. The standard InChI is InChI=1S/C12H19BrN2O/c1-4-5-8(2)6-15-7-10(14)9(3)11(13)12(15)16/h7-8H,4-6,14H2,1-3H3. The maximum atomic E-state index is 11.9. The lowest BCUT2D eigenvalue weighted by atomic mass is 10.1. The van der Waals surface area contributed by atoms with E-state index in [0.717, 1.165) is 24.9 Å². The lowest BCUT2D eigenvalue weighted by molar-refractivity contribution is 0.438. The molecule has 2 N–H and O–H groups in total. The first kappa shape index (κ1) is 13.3. The molecule has 90 valence electrons. The molecular weight excluding hydrogens is 268 g/mol. The molecule has 0 aliphatic heterocycles. The van der Waals surface area contributed by atoms with Gasteiger partial charge in [0, 0.05) is 12.7 Å². The summed E-state index contributed by atoms with van der Waals surface area (Å²) in [4.78, 5) is 11.9. The van der Waals surface area contributed by atoms with Gasteiger partial charge in [0.2, 0.25) is 0 Å². The van der Waals surface area contributed by atoms with Crippen molar-refractivity contribution in [3.05, 3.63) is 26.6 Å². The van der Waals surface area contributed by atoms with E-state index in [2.05, 4.69) is 29.8 Å². The van der Waals surface area contributed by atoms with Gasteiger partial charge in [0.05, 0.1) is 10.2 Å². The van der Waals surface area contributed by atoms with Gasteiger partial charge in [-0.1, -0.05) is 20.3 Å². The van der Waals surface area contributed by atoms with Crippen molar-refractivity contribution >= 4 is 21.6 Å². The first-order valence-corrected chi connectivity index (χ1v) is 6.41. The number of nitrogen functional groups attached to an aromatic ring is 1. The van der Waals surface area contributed by atoms with Crippen molar-refractivity contribution in [1.29, 1.82) is 0 Å². The highest BCUT2D eigenvalue weighted by atomic mass is 79.9. The zero-order valence-corrected chi connectivity index (χ0v) is 11.7. The largest absolute Gasteiger partial charge is 0.397 e. The highest BCUT2D eigenvalue weighted by molar-refractivity contribution is 9.10. The monoisotopic (exact) mass is 286 g/mol. The van der Waals surface area contributed by atoms with Crippen molar-refractivity contribution in [3.63, 3.8) is 0 Å². The predicted octanol–water partition coefficient (Wildman–Crippen LogP) is 2.94. The molecule has 0 fully saturated rings. The molecule has 0 saturated heterocycles. The minimum Gasteiger partial charge on any atom is -0.397 e. The summed E-state index contributed by atoms with van der Waals surface area (Å²) in [5, 5.41) is 0. The molecular formula is C12H19BrN2O. The van der Waals surface area contributed by atoms with E-state index in [9.17, 15) is 4.79 Å². The summed E-state index contributed by atoms with van der Waals surface area (Å²) < 4.78 is 2.28. The Balaban J connectivity index is 3.02. The fourth-order valence-electron chi connectivity index (χ4n) is 1.79. The first-order chi connectivity index (χ1) is 7.47. The normalized spacial score (nSPS) is 12.8. The van der Waals surface area contributed by atoms with E-state index in [4.69, 9.17) is 5.73 Å². The Labute approximate surface area is 105 Å². The van der Waals surface area contributed by atoms with Crippen LogP contribution in [0.4, 0.5) is 5.69 Å². The molecule has 0 bridgehead atoms. The zero-order chi connectivity index (χ0) is 12.3. The van der Waals surface area contributed by atoms with Crippen LogP contribution in [-0.4, -0.2) is 4.57 Å². The average molecular weight is 287 g/mol. The fraction of sp³-hybridized carbons (Fsp3) is 0.583. The molecule has 0 spiro atoms. The summed E-state index contributed by atoms with van der Waals surface area (Å²) in [5.41, 5.74) is 7.34. The summed E-state index contributed by atoms with van der Waals surface area (Å²) in [6.07, 6.45) is 4.00. The van der Waals surface area contributed by atoms with E-state index in [-0.39, 0.29) is 5.56 Å². The zero-order valence-electron chi connectivity index (χ0n) is 10.1. The summed E-state index contributed by atoms with van der Waals surface area (Å²) in [5.74, 6) is 0.497. The van der Waals surface area contributed by atoms with E-state index in [0.29, 0.717) is 16.1 Å². The number of hydrogen-bond donors (Lipinski definition) is 1. The number of anilines is 1. The smallest absolute Gasteiger partial charge is 0.265 e. The van der Waals surface area contributed by atoms with E-state index in [1.165, 1.54) is 0 Å². The Kier molecular flexibility index (Phi) is 4.59. The van der Waals surface area contributed by atoms with E-state index < -0.39 is 0 Å². The molecule has 0 aliphatic carbocycles. The number of nitrogens with zero attached hydrogens (tertiary/aromatic N) is 1. The van der Waals surface area contributed by atoms with Crippen LogP contribution < -0.4 is 11.3 Å². The second-order valence-electron chi connectivity index (χ2n) is 4.37. The van der Waals surface area contributed by atoms with Gasteiger partial charge in [0.25, 0.3) is 5.56 Å². The fourth-order valence-corrected chi connectivity index (χ4v) is 2.25. The van der Waals surface area contributed by atoms with E-state index in [1.807, 2.05) is 6.92 Å². The first-order valence-electron chi connectivity index (χ1n) is 5.62. The number of pyridine rings is 1. The van der Waals surface area contributed by atoms with Crippen LogP contribution in [0.25, 0.3) is 0 Å². The molecule has 3 nitrogen and oxygen atoms in total. The van der Waals surface area contributed by atoms with Gasteiger partial charge in [-0.15, -0.1) is 0 Å². The van der Waals surface area contributed by atoms with Crippen molar-refractivity contribution in [1.82, 2.24) is 4.57 Å². The summed E-state index contributed by atoms with van der Waals surface area (Å²) in [7, 11) is 0. The molecule has 1 atom stereocenters. The third-order valence-corrected chi connectivity index (χ3v) is 3.73. The summed E-state index contributed by atoms with van der Waals surface area (Å²) in [6, 6.07) is 0. The van der Waals surface area contributed by atoms with Crippen LogP contribution in [0.5, 0.6) is 0 Å². The van der Waals surface area contributed by atoms with Gasteiger partial charge in [0.15, 0.2) is 0 Å². The molecule has 0 saturated carbocycles. The Morgan fingerprint density at radius 2 is 2.19 bits per heavy atom. The lowest BCUT2D eigenvalue weighted by Crippen LogP contribution is -2.25. The second-order valence-corrected chi connectivity index (χ2v) is 5.17. The van der Waals surface area contributed by atoms with Crippen molar-refractivity contribution in [2.24, 2.45) is 5.92 Å². The van der Waals surface area contributed by atoms with Gasteiger partial charge in [-0.3, -0.25) is 4.79 Å². The number of rotatable bonds is 4. The van der Waals surface area contributed by atoms with Crippen LogP contribution in [0, 0.1) is 12.8 Å². The molecule has 0 amide bonds. The van der Waals surface area contributed by atoms with Gasteiger partial charge in [-0.25, -0.2) is 0 Å². The molecule has 4 heteroatoms. The molecule has 0 aromatic carbocycles. The third kappa shape index (κ3) is 2.88. The van der Waals surface area contributed by atoms with E-state index >= 15 is 0 Å². The predicted molar refractivity (Wildman–Crippen MR) is 71.6 cm³/mol. The Hall–Kier alpha value is -0.770. The highest BCUT2D eigenvalue weighted by Crippen LogP contribution is 2.18. The molecule has 1 unspecified atom stereocenters. The van der Waals surface area contributed by atoms with Gasteiger partial charge in [-0.05, 0) is 40.8 Å². The SMILES string of the molecule is CCCC(C)Cn1cc(N)c(C)c(Br)c1=O. The van der Waals surface area contributed by atoms with Gasteiger partial charge < -0.3 is 10.3 Å². The van der Waals surface area contributed by atoms with Crippen LogP contribution in [0.2, 0.25) is 0 Å². The Morgan fingerprint density at radius 3 is 2.75 bits per heavy atom. The van der Waals surface area contributed by atoms with Crippen molar-refractivity contribution in [3.8, 4) is 0 Å². The van der Waals surface area contributed by atoms with Crippen molar-refractivity contribution in [2.45, 2.75) is 40.2 Å². The maximum Gasteiger partial charge on any atom is 0.265 e. The highest BCUT2D eigenvalue weighted by Gasteiger charge is 2.10. The quantitative estimate of drug-likeness (QED) is 0.925. The molecule has 0 aliphatic rings. The molecule has 1 aromatic rings. The van der Waals surface area contributed by atoms with Gasteiger partial charge in [-0.2, -0.15) is 0 Å². The molecule has 16 heavy (non-hydrogen) atoms. The van der Waals surface area contributed by atoms with Crippen LogP contribution in [0.1, 0.15) is 32.3 Å². The van der Waals surface area contributed by atoms with Crippen LogP contribution in [0.15, 0.2) is 15.5 Å². The Bertz CT molecular complexity index is 426. The summed E-state index contributed by atoms with van der Waals surface area (Å²) >= 11 is 3.30. The average Bonchev–Trinajstić information content (AvgIpc) is 2.23. The minimum absolute atomic E-state index is 0.00894. The minimum atomic E-state index is 0.00894. The molecule has 1 aromatic heterocycles. The van der Waals surface area contributed by atoms with Crippen LogP contribution in [-0.2, 0) is 6.54 Å². The lowest BCUT2D eigenvalue weighted by Gasteiger charge is -2.14. The number of hydrogen-bond acceptors (Lipinski definition) is 2. The number of halogens is 1. The molecule has 1 heterocycles. The van der Waals surface area contributed by atoms with E-state index in [1.54, 1.807) is 10.8 Å². The van der Waals surface area contributed by atoms with Crippen LogP contribution in [0.3, 0.4) is 0 Å². The maximum absolute atomic E-state index is 11.9. The topological polar surface area (TPSA) is 48.0 Å². The third-order valence-electron chi connectivity index (χ3n) is 2.80. The van der Waals surface area contributed by atoms with Gasteiger partial charge >= 0.3 is 0 Å². The van der Waals surface area contributed by atoms with Crippen molar-refractivity contribution in [2.75, 3.05) is 5.73 Å². The second kappa shape index (κ2) is 5.53. The number of nitrogens with two attached hydrogens (primary N) is 1. The molecule has 1 rings (SSSR count).